The molecule has 0 aliphatic carbocycles. The van der Waals surface area contributed by atoms with Crippen molar-refractivity contribution in [3.05, 3.63) is 18.5 Å². The Kier molecular flexibility index (Phi) is 1.77. The number of anilines is 1. The highest BCUT2D eigenvalue weighted by Crippen LogP contribution is 2.29. The fraction of sp³-hybridized carbons (Fsp3) is 0.250. The Morgan fingerprint density at radius 3 is 3.31 bits per heavy atom. The molecule has 0 radical (unpaired) electrons. The average molecular weight is 180 g/mol. The van der Waals surface area contributed by atoms with E-state index in [9.17, 15) is 4.79 Å². The number of nitrogens with zero attached hydrogens (tertiary/aromatic N) is 2. The van der Waals surface area contributed by atoms with Crippen LogP contribution >= 0.6 is 0 Å². The highest BCUT2D eigenvalue weighted by molar-refractivity contribution is 5.88. The van der Waals surface area contributed by atoms with Gasteiger partial charge in [0.1, 0.15) is 6.61 Å². The van der Waals surface area contributed by atoms with Gasteiger partial charge in [0, 0.05) is 6.20 Å². The van der Waals surface area contributed by atoms with E-state index < -0.39 is 6.09 Å². The molecule has 0 saturated carbocycles. The fourth-order valence-electron chi connectivity index (χ4n) is 1.27. The Bertz CT molecular complexity index is 340. The van der Waals surface area contributed by atoms with Gasteiger partial charge in [-0.25, -0.2) is 4.79 Å². The number of carboxylic acid groups (broad SMARTS) is 1. The predicted octanol–water partition coefficient (Wildman–Crippen LogP) is 0.958. The molecule has 13 heavy (non-hydrogen) atoms. The maximum absolute atomic E-state index is 10.8. The maximum atomic E-state index is 10.8. The first-order chi connectivity index (χ1) is 6.29. The molecule has 0 fully saturated rings. The van der Waals surface area contributed by atoms with Gasteiger partial charge in [-0.05, 0) is 6.07 Å². The molecule has 2 rings (SSSR count). The van der Waals surface area contributed by atoms with Crippen molar-refractivity contribution in [2.75, 3.05) is 18.1 Å². The lowest BCUT2D eigenvalue weighted by atomic mass is 10.3. The number of hydrogen-bond acceptors (Lipinski definition) is 3. The van der Waals surface area contributed by atoms with Gasteiger partial charge in [0.25, 0.3) is 0 Å². The van der Waals surface area contributed by atoms with Crippen molar-refractivity contribution >= 4 is 11.8 Å². The summed E-state index contributed by atoms with van der Waals surface area (Å²) in [6.07, 6.45) is 2.10. The largest absolute Gasteiger partial charge is 0.488 e. The van der Waals surface area contributed by atoms with E-state index in [1.165, 1.54) is 11.1 Å². The number of ether oxygens (including phenoxy) is 1. The Morgan fingerprint density at radius 2 is 2.54 bits per heavy atom. The predicted molar refractivity (Wildman–Crippen MR) is 45.1 cm³/mol. The van der Waals surface area contributed by atoms with Gasteiger partial charge in [0.05, 0.1) is 18.4 Å². The summed E-state index contributed by atoms with van der Waals surface area (Å²) in [5.74, 6) is 0.524. The van der Waals surface area contributed by atoms with Crippen molar-refractivity contribution < 1.29 is 14.6 Å². The molecule has 1 aliphatic heterocycles. The van der Waals surface area contributed by atoms with E-state index in [1.807, 2.05) is 0 Å². The minimum atomic E-state index is -0.962. The van der Waals surface area contributed by atoms with E-state index in [-0.39, 0.29) is 0 Å². The second-order valence-corrected chi connectivity index (χ2v) is 2.63. The van der Waals surface area contributed by atoms with E-state index in [0.717, 1.165) is 0 Å². The van der Waals surface area contributed by atoms with Crippen molar-refractivity contribution in [3.8, 4) is 5.75 Å². The number of carbonyl (C=O) groups is 1. The van der Waals surface area contributed by atoms with Gasteiger partial charge in [-0.3, -0.25) is 9.88 Å². The summed E-state index contributed by atoms with van der Waals surface area (Å²) < 4.78 is 5.24. The number of pyridine rings is 1. The maximum Gasteiger partial charge on any atom is 0.412 e. The van der Waals surface area contributed by atoms with Gasteiger partial charge in [-0.1, -0.05) is 0 Å². The number of fused-ring (bicyclic) bond motifs is 1. The van der Waals surface area contributed by atoms with Crippen LogP contribution in [0.15, 0.2) is 18.5 Å². The molecule has 0 atom stereocenters. The Labute approximate surface area is 74.6 Å². The van der Waals surface area contributed by atoms with Crippen LogP contribution in [0.1, 0.15) is 0 Å². The Hall–Kier alpha value is -1.78. The fourth-order valence-corrected chi connectivity index (χ4v) is 1.27. The van der Waals surface area contributed by atoms with Crippen LogP contribution in [0.3, 0.4) is 0 Å². The van der Waals surface area contributed by atoms with Gasteiger partial charge >= 0.3 is 6.09 Å². The Balaban J connectivity index is 2.42. The summed E-state index contributed by atoms with van der Waals surface area (Å²) in [6, 6.07) is 1.63. The molecule has 5 nitrogen and oxygen atoms in total. The molecular formula is C8H8N2O3. The van der Waals surface area contributed by atoms with Gasteiger partial charge in [0.2, 0.25) is 0 Å². The standard InChI is InChI=1S/C8H8N2O3/c11-8(12)10-3-4-13-7-5-9-2-1-6(7)10/h1-2,5H,3-4H2,(H,11,12). The molecule has 1 aromatic heterocycles. The summed E-state index contributed by atoms with van der Waals surface area (Å²) in [5.41, 5.74) is 0.564. The highest BCUT2D eigenvalue weighted by Gasteiger charge is 2.22. The molecule has 1 aromatic rings. The molecule has 0 unspecified atom stereocenters. The minimum absolute atomic E-state index is 0.367. The lowest BCUT2D eigenvalue weighted by molar-refractivity contribution is 0.196. The van der Waals surface area contributed by atoms with Crippen molar-refractivity contribution in [2.24, 2.45) is 0 Å². The van der Waals surface area contributed by atoms with Gasteiger partial charge < -0.3 is 9.84 Å². The van der Waals surface area contributed by atoms with Crippen molar-refractivity contribution in [1.82, 2.24) is 4.98 Å². The summed E-state index contributed by atoms with van der Waals surface area (Å²) in [7, 11) is 0. The summed E-state index contributed by atoms with van der Waals surface area (Å²) in [6.45, 7) is 0.747. The van der Waals surface area contributed by atoms with E-state index in [2.05, 4.69) is 4.98 Å². The normalized spacial score (nSPS) is 14.6. The number of amides is 1. The quantitative estimate of drug-likeness (QED) is 0.645. The lowest BCUT2D eigenvalue weighted by Crippen LogP contribution is -2.36. The van der Waals surface area contributed by atoms with Crippen LogP contribution in [-0.2, 0) is 0 Å². The first-order valence-corrected chi connectivity index (χ1v) is 3.86. The van der Waals surface area contributed by atoms with Crippen LogP contribution in [0, 0.1) is 0 Å². The monoisotopic (exact) mass is 180 g/mol. The molecule has 1 N–H and O–H groups in total. The van der Waals surface area contributed by atoms with Crippen LogP contribution in [0.5, 0.6) is 5.75 Å². The molecule has 1 amide bonds. The summed E-state index contributed by atoms with van der Waals surface area (Å²) in [4.78, 5) is 15.9. The smallest absolute Gasteiger partial charge is 0.412 e. The van der Waals surface area contributed by atoms with Crippen LogP contribution in [0.4, 0.5) is 10.5 Å². The zero-order valence-corrected chi connectivity index (χ0v) is 6.80. The molecular weight excluding hydrogens is 172 g/mol. The third kappa shape index (κ3) is 1.28. The van der Waals surface area contributed by atoms with E-state index in [0.29, 0.717) is 24.6 Å². The third-order valence-electron chi connectivity index (χ3n) is 1.86. The van der Waals surface area contributed by atoms with Crippen LogP contribution in [0.25, 0.3) is 0 Å². The number of rotatable bonds is 0. The molecule has 68 valence electrons. The van der Waals surface area contributed by atoms with Crippen LogP contribution in [-0.4, -0.2) is 29.3 Å². The summed E-state index contributed by atoms with van der Waals surface area (Å²) >= 11 is 0. The third-order valence-corrected chi connectivity index (χ3v) is 1.86. The molecule has 0 spiro atoms. The number of aromatic nitrogens is 1. The van der Waals surface area contributed by atoms with Crippen LogP contribution in [0.2, 0.25) is 0 Å². The topological polar surface area (TPSA) is 62.7 Å². The average Bonchev–Trinajstić information content (AvgIpc) is 2.17. The van der Waals surface area contributed by atoms with E-state index >= 15 is 0 Å². The SMILES string of the molecule is O=C(O)N1CCOc2cnccc21. The van der Waals surface area contributed by atoms with Crippen molar-refractivity contribution in [1.29, 1.82) is 0 Å². The molecule has 0 saturated heterocycles. The van der Waals surface area contributed by atoms with Gasteiger partial charge in [-0.2, -0.15) is 0 Å². The summed E-state index contributed by atoms with van der Waals surface area (Å²) in [5, 5.41) is 8.83. The van der Waals surface area contributed by atoms with E-state index in [1.54, 1.807) is 12.3 Å². The molecule has 0 bridgehead atoms. The minimum Gasteiger partial charge on any atom is -0.488 e. The zero-order valence-electron chi connectivity index (χ0n) is 6.80. The molecule has 1 aliphatic rings. The zero-order chi connectivity index (χ0) is 9.26. The van der Waals surface area contributed by atoms with Crippen molar-refractivity contribution in [3.63, 3.8) is 0 Å². The second kappa shape index (κ2) is 2.93. The molecule has 0 aromatic carbocycles. The highest BCUT2D eigenvalue weighted by atomic mass is 16.5. The lowest BCUT2D eigenvalue weighted by Gasteiger charge is -2.26. The van der Waals surface area contributed by atoms with Crippen molar-refractivity contribution in [2.45, 2.75) is 0 Å². The molecule has 2 heterocycles. The van der Waals surface area contributed by atoms with Crippen LogP contribution < -0.4 is 9.64 Å². The Morgan fingerprint density at radius 1 is 1.69 bits per heavy atom. The second-order valence-electron chi connectivity index (χ2n) is 2.63. The van der Waals surface area contributed by atoms with Gasteiger partial charge in [-0.15, -0.1) is 0 Å². The van der Waals surface area contributed by atoms with Gasteiger partial charge in [0.15, 0.2) is 5.75 Å². The molecule has 5 heteroatoms. The first kappa shape index (κ1) is 7.85. The first-order valence-electron chi connectivity index (χ1n) is 3.86. The van der Waals surface area contributed by atoms with E-state index in [4.69, 9.17) is 9.84 Å². The number of hydrogen-bond donors (Lipinski definition) is 1.